The molecule has 1 fully saturated rings. The van der Waals surface area contributed by atoms with Gasteiger partial charge >= 0.3 is 0 Å². The molecule has 17 heavy (non-hydrogen) atoms. The molecule has 1 saturated heterocycles. The van der Waals surface area contributed by atoms with Crippen LogP contribution in [0.5, 0.6) is 0 Å². The van der Waals surface area contributed by atoms with Crippen molar-refractivity contribution in [1.29, 1.82) is 0 Å². The highest BCUT2D eigenvalue weighted by Gasteiger charge is 2.23. The zero-order valence-electron chi connectivity index (χ0n) is 8.94. The molecule has 0 radical (unpaired) electrons. The van der Waals surface area contributed by atoms with Crippen molar-refractivity contribution in [1.82, 2.24) is 5.32 Å². The van der Waals surface area contributed by atoms with Gasteiger partial charge in [-0.2, -0.15) is 0 Å². The van der Waals surface area contributed by atoms with Crippen molar-refractivity contribution in [3.63, 3.8) is 0 Å². The molecule has 2 rings (SSSR count). The van der Waals surface area contributed by atoms with Crippen LogP contribution >= 0.6 is 15.9 Å². The molecule has 5 nitrogen and oxygen atoms in total. The van der Waals surface area contributed by atoms with E-state index >= 15 is 0 Å². The molecule has 0 aliphatic carbocycles. The molecule has 2 amide bonds. The minimum absolute atomic E-state index is 0.0434. The summed E-state index contributed by atoms with van der Waals surface area (Å²) in [5.74, 6) is -0.612. The van der Waals surface area contributed by atoms with Gasteiger partial charge in [0.1, 0.15) is 0 Å². The lowest BCUT2D eigenvalue weighted by molar-refractivity contribution is -0.130. The third kappa shape index (κ3) is 2.65. The molecule has 90 valence electrons. The summed E-state index contributed by atoms with van der Waals surface area (Å²) >= 11 is 3.37. The second-order valence-electron chi connectivity index (χ2n) is 3.77. The van der Waals surface area contributed by atoms with Gasteiger partial charge in [0.25, 0.3) is 0 Å². The molecule has 0 unspecified atom stereocenters. The molecule has 1 aliphatic heterocycles. The molecular formula is C11H11BrN2O3. The maximum atomic E-state index is 11.3. The third-order valence-electron chi connectivity index (χ3n) is 2.48. The van der Waals surface area contributed by atoms with E-state index in [1.54, 1.807) is 23.1 Å². The normalized spacial score (nSPS) is 16.0. The maximum absolute atomic E-state index is 11.3. The summed E-state index contributed by atoms with van der Waals surface area (Å²) in [5, 5.41) is 11.2. The Morgan fingerprint density at radius 1 is 1.29 bits per heavy atom. The van der Waals surface area contributed by atoms with E-state index in [4.69, 9.17) is 5.11 Å². The van der Waals surface area contributed by atoms with Crippen LogP contribution in [0, 0.1) is 0 Å². The number of hydrogen-bond acceptors (Lipinski definition) is 4. The predicted molar refractivity (Wildman–Crippen MR) is 65.4 cm³/mol. The van der Waals surface area contributed by atoms with Crippen LogP contribution in [-0.4, -0.2) is 30.0 Å². The van der Waals surface area contributed by atoms with E-state index in [9.17, 15) is 9.59 Å². The number of benzene rings is 1. The van der Waals surface area contributed by atoms with Crippen LogP contribution in [0.25, 0.3) is 0 Å². The fourth-order valence-electron chi connectivity index (χ4n) is 1.71. The summed E-state index contributed by atoms with van der Waals surface area (Å²) < 4.78 is 0.756. The van der Waals surface area contributed by atoms with Gasteiger partial charge in [0, 0.05) is 4.47 Å². The Hall–Kier alpha value is -1.40. The van der Waals surface area contributed by atoms with E-state index < -0.39 is 0 Å². The first-order valence-corrected chi connectivity index (χ1v) is 5.86. The van der Waals surface area contributed by atoms with Gasteiger partial charge in [-0.3, -0.25) is 14.9 Å². The van der Waals surface area contributed by atoms with E-state index in [0.29, 0.717) is 0 Å². The Bertz CT molecular complexity index is 460. The lowest BCUT2D eigenvalue weighted by atomic mass is 10.2. The fraction of sp³-hybridized carbons (Fsp3) is 0.273. The van der Waals surface area contributed by atoms with Crippen LogP contribution in [0.15, 0.2) is 22.7 Å². The minimum atomic E-state index is -0.306. The van der Waals surface area contributed by atoms with Crippen LogP contribution in [0.3, 0.4) is 0 Å². The summed E-state index contributed by atoms with van der Waals surface area (Å²) in [6.07, 6.45) is 0. The molecule has 1 aromatic rings. The largest absolute Gasteiger partial charge is 0.392 e. The molecule has 1 aromatic carbocycles. The molecule has 0 aromatic heterocycles. The maximum Gasteiger partial charge on any atom is 0.246 e. The Morgan fingerprint density at radius 2 is 1.94 bits per heavy atom. The molecule has 0 spiro atoms. The number of aliphatic hydroxyl groups is 1. The van der Waals surface area contributed by atoms with Crippen molar-refractivity contribution >= 4 is 33.4 Å². The van der Waals surface area contributed by atoms with E-state index in [-0.39, 0.29) is 31.5 Å². The molecule has 0 atom stereocenters. The number of carbonyl (C=O) groups excluding carboxylic acids is 2. The minimum Gasteiger partial charge on any atom is -0.392 e. The average Bonchev–Trinajstić information content (AvgIpc) is 2.27. The zero-order valence-corrected chi connectivity index (χ0v) is 10.5. The monoisotopic (exact) mass is 298 g/mol. The van der Waals surface area contributed by atoms with Crippen LogP contribution in [0.1, 0.15) is 5.56 Å². The van der Waals surface area contributed by atoms with Gasteiger partial charge in [0.2, 0.25) is 11.8 Å². The standard InChI is InChI=1S/C11H11BrN2O3/c12-8-3-7(6-15)1-2-9(8)14-4-10(16)13-11(17)5-14/h1-3,15H,4-6H2,(H,13,16,17). The quantitative estimate of drug-likeness (QED) is 0.776. The van der Waals surface area contributed by atoms with E-state index in [1.165, 1.54) is 0 Å². The second-order valence-corrected chi connectivity index (χ2v) is 4.63. The summed E-state index contributed by atoms with van der Waals surface area (Å²) in [5.41, 5.74) is 1.54. The Balaban J connectivity index is 2.27. The van der Waals surface area contributed by atoms with Gasteiger partial charge in [-0.15, -0.1) is 0 Å². The summed E-state index contributed by atoms with van der Waals surface area (Å²) in [7, 11) is 0. The number of imide groups is 1. The molecule has 6 heteroatoms. The van der Waals surface area contributed by atoms with E-state index in [0.717, 1.165) is 15.7 Å². The van der Waals surface area contributed by atoms with Crippen molar-refractivity contribution in [2.45, 2.75) is 6.61 Å². The molecule has 1 heterocycles. The first kappa shape index (κ1) is 12.1. The Morgan fingerprint density at radius 3 is 2.47 bits per heavy atom. The number of amides is 2. The third-order valence-corrected chi connectivity index (χ3v) is 3.12. The number of nitrogens with zero attached hydrogens (tertiary/aromatic N) is 1. The van der Waals surface area contributed by atoms with Gasteiger partial charge in [0.05, 0.1) is 25.4 Å². The average molecular weight is 299 g/mol. The number of halogens is 1. The molecule has 1 aliphatic rings. The first-order chi connectivity index (χ1) is 8.10. The summed E-state index contributed by atoms with van der Waals surface area (Å²) in [4.78, 5) is 24.2. The number of hydrogen-bond donors (Lipinski definition) is 2. The van der Waals surface area contributed by atoms with Crippen LogP contribution in [-0.2, 0) is 16.2 Å². The predicted octanol–water partition coefficient (Wildman–Crippen LogP) is 0.404. The van der Waals surface area contributed by atoms with Crippen molar-refractivity contribution in [3.8, 4) is 0 Å². The van der Waals surface area contributed by atoms with Gasteiger partial charge in [-0.05, 0) is 33.6 Å². The van der Waals surface area contributed by atoms with E-state index in [1.807, 2.05) is 0 Å². The number of carbonyl (C=O) groups is 2. The Kier molecular flexibility index (Phi) is 3.44. The van der Waals surface area contributed by atoms with Crippen LogP contribution in [0.4, 0.5) is 5.69 Å². The lowest BCUT2D eigenvalue weighted by Gasteiger charge is -2.28. The fourth-order valence-corrected chi connectivity index (χ4v) is 2.39. The lowest BCUT2D eigenvalue weighted by Crippen LogP contribution is -2.51. The number of aliphatic hydroxyl groups excluding tert-OH is 1. The smallest absolute Gasteiger partial charge is 0.246 e. The van der Waals surface area contributed by atoms with Crippen molar-refractivity contribution in [3.05, 3.63) is 28.2 Å². The zero-order chi connectivity index (χ0) is 12.4. The highest BCUT2D eigenvalue weighted by Crippen LogP contribution is 2.27. The Labute approximate surface area is 107 Å². The van der Waals surface area contributed by atoms with Gasteiger partial charge in [0.15, 0.2) is 0 Å². The van der Waals surface area contributed by atoms with Gasteiger partial charge < -0.3 is 10.0 Å². The van der Waals surface area contributed by atoms with Gasteiger partial charge in [-0.1, -0.05) is 6.07 Å². The van der Waals surface area contributed by atoms with Crippen molar-refractivity contribution in [2.75, 3.05) is 18.0 Å². The van der Waals surface area contributed by atoms with Crippen molar-refractivity contribution in [2.24, 2.45) is 0 Å². The summed E-state index contributed by atoms with van der Waals surface area (Å²) in [6, 6.07) is 5.31. The second kappa shape index (κ2) is 4.85. The highest BCUT2D eigenvalue weighted by atomic mass is 79.9. The van der Waals surface area contributed by atoms with Crippen LogP contribution in [0.2, 0.25) is 0 Å². The van der Waals surface area contributed by atoms with Crippen LogP contribution < -0.4 is 10.2 Å². The number of piperazine rings is 1. The molecule has 0 bridgehead atoms. The first-order valence-electron chi connectivity index (χ1n) is 5.07. The summed E-state index contributed by atoms with van der Waals surface area (Å²) in [6.45, 7) is 0.268. The number of nitrogens with one attached hydrogen (secondary N) is 1. The number of anilines is 1. The SMILES string of the molecule is O=C1CN(c2ccc(CO)cc2Br)CC(=O)N1. The molecule has 0 saturated carbocycles. The van der Waals surface area contributed by atoms with Gasteiger partial charge in [-0.25, -0.2) is 0 Å². The molecule has 2 N–H and O–H groups in total. The molecular weight excluding hydrogens is 288 g/mol. The topological polar surface area (TPSA) is 69.6 Å². The van der Waals surface area contributed by atoms with Crippen molar-refractivity contribution < 1.29 is 14.7 Å². The number of rotatable bonds is 2. The highest BCUT2D eigenvalue weighted by molar-refractivity contribution is 9.10. The van der Waals surface area contributed by atoms with E-state index in [2.05, 4.69) is 21.2 Å².